The van der Waals surface area contributed by atoms with Gasteiger partial charge in [-0.25, -0.2) is 0 Å². The molecule has 0 aliphatic heterocycles. The van der Waals surface area contributed by atoms with Crippen molar-refractivity contribution in [3.63, 3.8) is 0 Å². The fraction of sp³-hybridized carbons (Fsp3) is 0.310. The summed E-state index contributed by atoms with van der Waals surface area (Å²) in [5.74, 6) is 0.176. The summed E-state index contributed by atoms with van der Waals surface area (Å²) >= 11 is 5.05. The van der Waals surface area contributed by atoms with Gasteiger partial charge in [0.1, 0.15) is 6.04 Å². The number of nitrogens with one attached hydrogen (secondary N) is 1. The summed E-state index contributed by atoms with van der Waals surface area (Å²) in [6.07, 6.45) is 4.78. The first-order valence-corrected chi connectivity index (χ1v) is 13.9. The highest BCUT2D eigenvalue weighted by atomic mass is 79.9. The molecule has 1 aliphatic rings. The molecule has 1 atom stereocenters. The maximum Gasteiger partial charge on any atom is 0.243 e. The highest BCUT2D eigenvalue weighted by Crippen LogP contribution is 2.23. The van der Waals surface area contributed by atoms with Gasteiger partial charge in [-0.3, -0.25) is 9.59 Å². The normalized spacial score (nSPS) is 14.4. The summed E-state index contributed by atoms with van der Waals surface area (Å²) in [7, 11) is 0. The van der Waals surface area contributed by atoms with Gasteiger partial charge in [-0.1, -0.05) is 89.4 Å². The molecule has 0 unspecified atom stereocenters. The predicted molar refractivity (Wildman–Crippen MR) is 146 cm³/mol. The smallest absolute Gasteiger partial charge is 0.243 e. The molecule has 4 rings (SSSR count). The topological polar surface area (TPSA) is 49.4 Å². The van der Waals surface area contributed by atoms with Crippen molar-refractivity contribution in [2.45, 2.75) is 55.6 Å². The molecule has 3 aromatic rings. The Morgan fingerprint density at radius 2 is 1.57 bits per heavy atom. The minimum absolute atomic E-state index is 0.0404. The quantitative estimate of drug-likeness (QED) is 0.304. The first-order chi connectivity index (χ1) is 17.1. The van der Waals surface area contributed by atoms with Crippen LogP contribution in [0.1, 0.15) is 36.8 Å². The van der Waals surface area contributed by atoms with Gasteiger partial charge >= 0.3 is 0 Å². The lowest BCUT2D eigenvalue weighted by Gasteiger charge is -2.32. The Kier molecular flexibility index (Phi) is 9.43. The van der Waals surface area contributed by atoms with Crippen molar-refractivity contribution < 1.29 is 9.59 Å². The molecule has 0 saturated heterocycles. The SMILES string of the molecule is O=C(NC1CCCC1)[C@H](Cc1ccccc1)N(Cc1cccc(Br)c1)C(=O)CSc1ccccc1. The van der Waals surface area contributed by atoms with Crippen molar-refractivity contribution in [3.8, 4) is 0 Å². The summed E-state index contributed by atoms with van der Waals surface area (Å²) < 4.78 is 0.955. The maximum absolute atomic E-state index is 13.7. The van der Waals surface area contributed by atoms with E-state index in [1.54, 1.807) is 4.90 Å². The summed E-state index contributed by atoms with van der Waals surface area (Å²) in [5, 5.41) is 3.26. The van der Waals surface area contributed by atoms with Crippen molar-refractivity contribution in [2.75, 3.05) is 5.75 Å². The molecular weight excluding hydrogens is 520 g/mol. The number of carbonyl (C=O) groups excluding carboxylic acids is 2. The lowest BCUT2D eigenvalue weighted by molar-refractivity contribution is -0.139. The number of rotatable bonds is 10. The van der Waals surface area contributed by atoms with E-state index in [1.165, 1.54) is 11.8 Å². The molecule has 0 spiro atoms. The molecule has 0 bridgehead atoms. The van der Waals surface area contributed by atoms with E-state index in [0.29, 0.717) is 13.0 Å². The molecule has 2 amide bonds. The van der Waals surface area contributed by atoms with E-state index in [-0.39, 0.29) is 23.6 Å². The molecule has 0 heterocycles. The van der Waals surface area contributed by atoms with Gasteiger partial charge in [-0.05, 0) is 48.2 Å². The lowest BCUT2D eigenvalue weighted by Crippen LogP contribution is -2.52. The van der Waals surface area contributed by atoms with E-state index in [1.807, 2.05) is 84.9 Å². The molecule has 1 aliphatic carbocycles. The molecule has 0 aromatic heterocycles. The summed E-state index contributed by atoms with van der Waals surface area (Å²) in [5.41, 5.74) is 2.03. The third kappa shape index (κ3) is 7.71. The fourth-order valence-electron chi connectivity index (χ4n) is 4.50. The Labute approximate surface area is 220 Å². The van der Waals surface area contributed by atoms with E-state index >= 15 is 0 Å². The number of hydrogen-bond donors (Lipinski definition) is 1. The Morgan fingerprint density at radius 3 is 2.26 bits per heavy atom. The van der Waals surface area contributed by atoms with Crippen LogP contribution >= 0.6 is 27.7 Å². The van der Waals surface area contributed by atoms with Crippen molar-refractivity contribution in [1.82, 2.24) is 10.2 Å². The summed E-state index contributed by atoms with van der Waals surface area (Å²) in [6.45, 7) is 0.378. The van der Waals surface area contributed by atoms with E-state index in [2.05, 4.69) is 21.2 Å². The maximum atomic E-state index is 13.7. The van der Waals surface area contributed by atoms with Crippen LogP contribution in [-0.2, 0) is 22.6 Å². The average molecular weight is 552 g/mol. The molecule has 4 nitrogen and oxygen atoms in total. The van der Waals surface area contributed by atoms with Crippen LogP contribution in [0.5, 0.6) is 0 Å². The van der Waals surface area contributed by atoms with Crippen LogP contribution in [0.4, 0.5) is 0 Å². The minimum atomic E-state index is -0.583. The molecule has 3 aromatic carbocycles. The molecule has 6 heteroatoms. The number of halogens is 1. The number of hydrogen-bond acceptors (Lipinski definition) is 3. The number of thioether (sulfide) groups is 1. The van der Waals surface area contributed by atoms with Crippen molar-refractivity contribution >= 4 is 39.5 Å². The second-order valence-electron chi connectivity index (χ2n) is 8.95. The van der Waals surface area contributed by atoms with Crippen LogP contribution in [0.2, 0.25) is 0 Å². The monoisotopic (exact) mass is 550 g/mol. The Bertz CT molecular complexity index is 1100. The molecule has 182 valence electrons. The molecule has 0 radical (unpaired) electrons. The first-order valence-electron chi connectivity index (χ1n) is 12.1. The van der Waals surface area contributed by atoms with Gasteiger partial charge in [0.05, 0.1) is 5.75 Å². The van der Waals surface area contributed by atoms with Gasteiger partial charge in [0.15, 0.2) is 0 Å². The second kappa shape index (κ2) is 12.9. The van der Waals surface area contributed by atoms with Crippen LogP contribution in [0.15, 0.2) is 94.3 Å². The average Bonchev–Trinajstić information content (AvgIpc) is 3.39. The zero-order valence-electron chi connectivity index (χ0n) is 19.7. The van der Waals surface area contributed by atoms with Gasteiger partial charge in [0.25, 0.3) is 0 Å². The highest BCUT2D eigenvalue weighted by molar-refractivity contribution is 9.10. The zero-order valence-corrected chi connectivity index (χ0v) is 22.1. The minimum Gasteiger partial charge on any atom is -0.352 e. The highest BCUT2D eigenvalue weighted by Gasteiger charge is 2.32. The van der Waals surface area contributed by atoms with Crippen LogP contribution in [0.3, 0.4) is 0 Å². The van der Waals surface area contributed by atoms with Gasteiger partial charge in [-0.15, -0.1) is 11.8 Å². The van der Waals surface area contributed by atoms with Gasteiger partial charge in [0.2, 0.25) is 11.8 Å². The molecule has 1 fully saturated rings. The number of benzene rings is 3. The number of amides is 2. The fourth-order valence-corrected chi connectivity index (χ4v) is 5.75. The van der Waals surface area contributed by atoms with Crippen LogP contribution in [0.25, 0.3) is 0 Å². The van der Waals surface area contributed by atoms with Gasteiger partial charge in [0, 0.05) is 28.4 Å². The van der Waals surface area contributed by atoms with Crippen LogP contribution in [-0.4, -0.2) is 34.6 Å². The Morgan fingerprint density at radius 1 is 0.914 bits per heavy atom. The van der Waals surface area contributed by atoms with Crippen molar-refractivity contribution in [2.24, 2.45) is 0 Å². The third-order valence-corrected chi connectivity index (χ3v) is 7.81. The first kappa shape index (κ1) is 25.5. The van der Waals surface area contributed by atoms with Gasteiger partial charge in [-0.2, -0.15) is 0 Å². The lowest BCUT2D eigenvalue weighted by atomic mass is 10.0. The van der Waals surface area contributed by atoms with E-state index in [0.717, 1.165) is 46.2 Å². The van der Waals surface area contributed by atoms with Crippen molar-refractivity contribution in [1.29, 1.82) is 0 Å². The summed E-state index contributed by atoms with van der Waals surface area (Å²) in [6, 6.07) is 27.5. The molecular formula is C29H31BrN2O2S. The van der Waals surface area contributed by atoms with E-state index in [9.17, 15) is 9.59 Å². The largest absolute Gasteiger partial charge is 0.352 e. The van der Waals surface area contributed by atoms with Crippen LogP contribution in [0, 0.1) is 0 Å². The molecule has 1 saturated carbocycles. The Balaban J connectivity index is 1.61. The van der Waals surface area contributed by atoms with Crippen molar-refractivity contribution in [3.05, 3.63) is 101 Å². The predicted octanol–water partition coefficient (Wildman–Crippen LogP) is 6.24. The van der Waals surface area contributed by atoms with Crippen LogP contribution < -0.4 is 5.32 Å². The third-order valence-electron chi connectivity index (χ3n) is 6.32. The Hall–Kier alpha value is -2.57. The molecule has 1 N–H and O–H groups in total. The number of carbonyl (C=O) groups is 2. The zero-order chi connectivity index (χ0) is 24.5. The standard InChI is InChI=1S/C29H31BrN2O2S/c30-24-13-9-12-23(18-24)20-32(28(33)21-35-26-16-5-2-6-17-26)27(19-22-10-3-1-4-11-22)29(34)31-25-14-7-8-15-25/h1-6,9-13,16-18,25,27H,7-8,14-15,19-21H2,(H,31,34)/t27-/m0/s1. The summed E-state index contributed by atoms with van der Waals surface area (Å²) in [4.78, 5) is 30.2. The molecule has 35 heavy (non-hydrogen) atoms. The van der Waals surface area contributed by atoms with Gasteiger partial charge < -0.3 is 10.2 Å². The number of nitrogens with zero attached hydrogens (tertiary/aromatic N) is 1. The van der Waals surface area contributed by atoms with E-state index in [4.69, 9.17) is 0 Å². The second-order valence-corrected chi connectivity index (χ2v) is 10.9. The van der Waals surface area contributed by atoms with E-state index < -0.39 is 6.04 Å².